The molecule has 2 aromatic heterocycles. The number of aromatic nitrogens is 2. The molecule has 0 fully saturated rings. The molecule has 2 heterocycles. The van der Waals surface area contributed by atoms with Crippen LogP contribution in [0.2, 0.25) is 0 Å². The Kier molecular flexibility index (Phi) is 4.72. The van der Waals surface area contributed by atoms with Gasteiger partial charge in [-0.3, -0.25) is 4.98 Å². The molecular formula is C14H11N5OS. The first-order valence-corrected chi connectivity index (χ1v) is 7.00. The fourth-order valence-corrected chi connectivity index (χ4v) is 2.55. The van der Waals surface area contributed by atoms with Gasteiger partial charge in [-0.1, -0.05) is 6.07 Å². The molecule has 21 heavy (non-hydrogen) atoms. The van der Waals surface area contributed by atoms with Crippen LogP contribution >= 0.6 is 11.8 Å². The fraction of sp³-hybridized carbons (Fsp3) is 0.143. The minimum absolute atomic E-state index is 0.0456. The molecule has 0 spiro atoms. The van der Waals surface area contributed by atoms with Gasteiger partial charge in [0.1, 0.15) is 28.5 Å². The van der Waals surface area contributed by atoms with Gasteiger partial charge in [0.2, 0.25) is 0 Å². The molecular weight excluding hydrogens is 286 g/mol. The maximum atomic E-state index is 9.43. The van der Waals surface area contributed by atoms with Crippen LogP contribution in [0.4, 0.5) is 5.82 Å². The van der Waals surface area contributed by atoms with E-state index in [-0.39, 0.29) is 23.6 Å². The normalized spacial score (nSPS) is 9.86. The van der Waals surface area contributed by atoms with Gasteiger partial charge in [0.25, 0.3) is 0 Å². The second-order valence-corrected chi connectivity index (χ2v) is 5.02. The number of hydrogen-bond acceptors (Lipinski definition) is 7. The topological polar surface area (TPSA) is 120 Å². The molecule has 2 aromatic rings. The molecule has 6 nitrogen and oxygen atoms in total. The lowest BCUT2D eigenvalue weighted by Gasteiger charge is -2.11. The Morgan fingerprint density at radius 1 is 1.24 bits per heavy atom. The molecule has 7 heteroatoms. The first kappa shape index (κ1) is 14.8. The van der Waals surface area contributed by atoms with E-state index in [0.717, 1.165) is 0 Å². The van der Waals surface area contributed by atoms with Gasteiger partial charge in [0, 0.05) is 17.5 Å². The molecule has 0 saturated heterocycles. The van der Waals surface area contributed by atoms with E-state index < -0.39 is 0 Å². The predicted octanol–water partition coefficient (Wildman–Crippen LogP) is 1.55. The van der Waals surface area contributed by atoms with Gasteiger partial charge in [-0.15, -0.1) is 11.8 Å². The molecule has 0 atom stereocenters. The zero-order chi connectivity index (χ0) is 15.2. The number of thioether (sulfide) groups is 1. The number of nitrogens with zero attached hydrogens (tertiary/aromatic N) is 4. The number of rotatable bonds is 4. The highest BCUT2D eigenvalue weighted by molar-refractivity contribution is 7.99. The van der Waals surface area contributed by atoms with E-state index in [1.807, 2.05) is 6.07 Å². The summed E-state index contributed by atoms with van der Waals surface area (Å²) in [7, 11) is 0. The Balaban J connectivity index is 2.74. The number of nitrogens with two attached hydrogens (primary N) is 1. The van der Waals surface area contributed by atoms with E-state index >= 15 is 0 Å². The minimum atomic E-state index is -0.0456. The van der Waals surface area contributed by atoms with E-state index in [2.05, 4.69) is 16.0 Å². The summed E-state index contributed by atoms with van der Waals surface area (Å²) in [4.78, 5) is 8.28. The average Bonchev–Trinajstić information content (AvgIpc) is 2.52. The van der Waals surface area contributed by atoms with E-state index in [0.29, 0.717) is 22.0 Å². The van der Waals surface area contributed by atoms with Gasteiger partial charge >= 0.3 is 0 Å². The second-order valence-electron chi connectivity index (χ2n) is 3.94. The third-order valence-electron chi connectivity index (χ3n) is 2.67. The number of anilines is 1. The van der Waals surface area contributed by atoms with Crippen molar-refractivity contribution in [3.63, 3.8) is 0 Å². The van der Waals surface area contributed by atoms with Crippen molar-refractivity contribution >= 4 is 17.6 Å². The molecule has 0 aliphatic heterocycles. The van der Waals surface area contributed by atoms with Crippen LogP contribution in [0.15, 0.2) is 29.4 Å². The molecule has 104 valence electrons. The van der Waals surface area contributed by atoms with Crippen molar-refractivity contribution in [3.05, 3.63) is 35.5 Å². The van der Waals surface area contributed by atoms with Crippen molar-refractivity contribution in [2.75, 3.05) is 18.1 Å². The molecule has 3 N–H and O–H groups in total. The Labute approximate surface area is 125 Å². The fourth-order valence-electron chi connectivity index (χ4n) is 1.81. The van der Waals surface area contributed by atoms with Crippen LogP contribution in [0.3, 0.4) is 0 Å². The zero-order valence-corrected chi connectivity index (χ0v) is 11.8. The Bertz CT molecular complexity index is 734. The van der Waals surface area contributed by atoms with Crippen molar-refractivity contribution in [3.8, 4) is 23.4 Å². The molecule has 0 aliphatic carbocycles. The largest absolute Gasteiger partial charge is 0.396 e. The van der Waals surface area contributed by atoms with Crippen LogP contribution in [0.1, 0.15) is 11.1 Å². The lowest BCUT2D eigenvalue weighted by atomic mass is 10.0. The zero-order valence-electron chi connectivity index (χ0n) is 10.9. The number of pyridine rings is 2. The summed E-state index contributed by atoms with van der Waals surface area (Å²) in [5.74, 6) is 0.437. The standard InChI is InChI=1S/C14H11N5OS/c15-7-9-12(11-3-1-2-4-18-11)10(8-16)14(19-13(9)17)21-6-5-20/h1-4,20H,5-6H2,(H2,17,19). The maximum absolute atomic E-state index is 9.43. The third-order valence-corrected chi connectivity index (χ3v) is 3.62. The minimum Gasteiger partial charge on any atom is -0.396 e. The number of nitriles is 2. The molecule has 0 aliphatic rings. The SMILES string of the molecule is N#Cc1c(N)nc(SCCO)c(C#N)c1-c1ccccn1. The highest BCUT2D eigenvalue weighted by atomic mass is 32.2. The van der Waals surface area contributed by atoms with Crippen LogP contribution in [0.25, 0.3) is 11.3 Å². The summed E-state index contributed by atoms with van der Waals surface area (Å²) in [6.07, 6.45) is 1.58. The van der Waals surface area contributed by atoms with Crippen LogP contribution in [-0.2, 0) is 0 Å². The van der Waals surface area contributed by atoms with Crippen molar-refractivity contribution in [2.45, 2.75) is 5.03 Å². The number of aliphatic hydroxyl groups excluding tert-OH is 1. The monoisotopic (exact) mass is 297 g/mol. The van der Waals surface area contributed by atoms with Crippen molar-refractivity contribution in [1.29, 1.82) is 10.5 Å². The van der Waals surface area contributed by atoms with Gasteiger partial charge in [-0.2, -0.15) is 10.5 Å². The first-order chi connectivity index (χ1) is 10.2. The van der Waals surface area contributed by atoms with Crippen LogP contribution < -0.4 is 5.73 Å². The molecule has 0 radical (unpaired) electrons. The Hall–Kier alpha value is -2.61. The first-order valence-electron chi connectivity index (χ1n) is 6.01. The molecule has 0 unspecified atom stereocenters. The number of hydrogen-bond donors (Lipinski definition) is 2. The number of nitrogen functional groups attached to an aromatic ring is 1. The Morgan fingerprint density at radius 3 is 2.57 bits per heavy atom. The summed E-state index contributed by atoms with van der Waals surface area (Å²) >= 11 is 1.21. The summed E-state index contributed by atoms with van der Waals surface area (Å²) in [6.45, 7) is -0.0456. The quantitative estimate of drug-likeness (QED) is 0.821. The van der Waals surface area contributed by atoms with E-state index in [4.69, 9.17) is 10.8 Å². The molecule has 0 bridgehead atoms. The van der Waals surface area contributed by atoms with Crippen molar-refractivity contribution in [2.24, 2.45) is 0 Å². The molecule has 0 saturated carbocycles. The maximum Gasteiger partial charge on any atom is 0.143 e. The summed E-state index contributed by atoms with van der Waals surface area (Å²) in [6, 6.07) is 9.26. The van der Waals surface area contributed by atoms with Gasteiger partial charge in [-0.25, -0.2) is 4.98 Å². The summed E-state index contributed by atoms with van der Waals surface area (Å²) in [5.41, 5.74) is 7.08. The second kappa shape index (κ2) is 6.71. The van der Waals surface area contributed by atoms with Gasteiger partial charge in [0.15, 0.2) is 0 Å². The highest BCUT2D eigenvalue weighted by Gasteiger charge is 2.20. The van der Waals surface area contributed by atoms with Crippen molar-refractivity contribution in [1.82, 2.24) is 9.97 Å². The van der Waals surface area contributed by atoms with Crippen molar-refractivity contribution < 1.29 is 5.11 Å². The van der Waals surface area contributed by atoms with E-state index in [1.165, 1.54) is 11.8 Å². The lowest BCUT2D eigenvalue weighted by Crippen LogP contribution is -2.04. The smallest absolute Gasteiger partial charge is 0.143 e. The molecule has 2 rings (SSSR count). The average molecular weight is 297 g/mol. The highest BCUT2D eigenvalue weighted by Crippen LogP contribution is 2.34. The van der Waals surface area contributed by atoms with Gasteiger partial charge < -0.3 is 10.8 Å². The third kappa shape index (κ3) is 2.95. The van der Waals surface area contributed by atoms with Gasteiger partial charge in [-0.05, 0) is 12.1 Å². The van der Waals surface area contributed by atoms with Crippen LogP contribution in [0, 0.1) is 22.7 Å². The van der Waals surface area contributed by atoms with E-state index in [1.54, 1.807) is 24.4 Å². The number of aliphatic hydroxyl groups is 1. The van der Waals surface area contributed by atoms with Crippen LogP contribution in [0.5, 0.6) is 0 Å². The van der Waals surface area contributed by atoms with E-state index in [9.17, 15) is 10.5 Å². The predicted molar refractivity (Wildman–Crippen MR) is 79.1 cm³/mol. The summed E-state index contributed by atoms with van der Waals surface area (Å²) in [5, 5.41) is 28.0. The van der Waals surface area contributed by atoms with Crippen LogP contribution in [-0.4, -0.2) is 27.4 Å². The lowest BCUT2D eigenvalue weighted by molar-refractivity contribution is 0.322. The molecule has 0 aromatic carbocycles. The van der Waals surface area contributed by atoms with Gasteiger partial charge in [0.05, 0.1) is 17.9 Å². The Morgan fingerprint density at radius 2 is 2.00 bits per heavy atom. The summed E-state index contributed by atoms with van der Waals surface area (Å²) < 4.78 is 0. The molecule has 0 amide bonds.